The van der Waals surface area contributed by atoms with Crippen LogP contribution in [0.15, 0.2) is 156 Å². The molecule has 0 radical (unpaired) electrons. The van der Waals surface area contributed by atoms with Crippen LogP contribution in [0.3, 0.4) is 0 Å². The molecule has 0 amide bonds. The summed E-state index contributed by atoms with van der Waals surface area (Å²) < 4.78 is 0. The maximum atomic E-state index is 5.12. The molecule has 1 aliphatic carbocycles. The summed E-state index contributed by atoms with van der Waals surface area (Å²) in [5.41, 5.74) is 7.26. The van der Waals surface area contributed by atoms with Crippen molar-refractivity contribution in [1.82, 2.24) is 15.3 Å². The molecular weight excluding hydrogens is 538 g/mol. The predicted molar refractivity (Wildman–Crippen MR) is 181 cm³/mol. The SMILES string of the molecule is C1=CCCC(C2N=C(c3ccccc3)N=C(c3cc(-c4cnccn4)cc(-c4cc5ccccc5c5ccccc45)c3)N2)=C1. The van der Waals surface area contributed by atoms with Gasteiger partial charge in [-0.25, -0.2) is 9.98 Å². The number of hydrogen-bond acceptors (Lipinski definition) is 5. The van der Waals surface area contributed by atoms with Crippen LogP contribution < -0.4 is 5.32 Å². The molecule has 6 aromatic rings. The van der Waals surface area contributed by atoms with Crippen molar-refractivity contribution in [3.63, 3.8) is 0 Å². The summed E-state index contributed by atoms with van der Waals surface area (Å²) >= 11 is 0. The minimum atomic E-state index is -0.201. The fourth-order valence-corrected chi connectivity index (χ4v) is 6.16. The first-order valence-electron chi connectivity index (χ1n) is 15.0. The normalized spacial score (nSPS) is 16.3. The van der Waals surface area contributed by atoms with Gasteiger partial charge in [-0.1, -0.05) is 97.1 Å². The van der Waals surface area contributed by atoms with Crippen LogP contribution in [0.4, 0.5) is 0 Å². The van der Waals surface area contributed by atoms with Crippen molar-refractivity contribution >= 4 is 33.2 Å². The zero-order chi connectivity index (χ0) is 29.3. The van der Waals surface area contributed by atoms with Gasteiger partial charge >= 0.3 is 0 Å². The number of aliphatic imine (C=N–C) groups is 2. The number of amidine groups is 2. The molecule has 5 aromatic carbocycles. The van der Waals surface area contributed by atoms with Crippen LogP contribution in [-0.2, 0) is 0 Å². The van der Waals surface area contributed by atoms with E-state index in [1.807, 2.05) is 24.4 Å². The third-order valence-electron chi connectivity index (χ3n) is 8.32. The number of aromatic nitrogens is 2. The number of rotatable bonds is 5. The van der Waals surface area contributed by atoms with Gasteiger partial charge in [-0.15, -0.1) is 0 Å². The molecular formula is C39H29N5. The molecule has 1 N–H and O–H groups in total. The lowest BCUT2D eigenvalue weighted by atomic mass is 9.91. The molecule has 0 fully saturated rings. The summed E-state index contributed by atoms with van der Waals surface area (Å²) in [7, 11) is 0. The van der Waals surface area contributed by atoms with Gasteiger partial charge < -0.3 is 5.32 Å². The summed E-state index contributed by atoms with van der Waals surface area (Å²) in [5.74, 6) is 1.51. The molecule has 0 saturated heterocycles. The lowest BCUT2D eigenvalue weighted by Gasteiger charge is -2.26. The molecule has 1 aliphatic heterocycles. The lowest BCUT2D eigenvalue weighted by Crippen LogP contribution is -2.40. The molecule has 1 aromatic heterocycles. The third kappa shape index (κ3) is 4.88. The van der Waals surface area contributed by atoms with Crippen LogP contribution in [0, 0.1) is 0 Å². The Morgan fingerprint density at radius 2 is 1.45 bits per heavy atom. The summed E-state index contributed by atoms with van der Waals surface area (Å²) in [4.78, 5) is 19.3. The minimum absolute atomic E-state index is 0.201. The van der Waals surface area contributed by atoms with E-state index >= 15 is 0 Å². The van der Waals surface area contributed by atoms with Gasteiger partial charge in [0.2, 0.25) is 0 Å². The van der Waals surface area contributed by atoms with Gasteiger partial charge in [0.05, 0.1) is 11.9 Å². The average Bonchev–Trinajstić information content (AvgIpc) is 3.12. The first kappa shape index (κ1) is 26.0. The summed E-state index contributed by atoms with van der Waals surface area (Å²) in [6.45, 7) is 0. The molecule has 0 spiro atoms. The average molecular weight is 568 g/mol. The quantitative estimate of drug-likeness (QED) is 0.212. The standard InChI is InChI=1S/C39H29N5/c1-3-11-26(12-4-1)37-42-38(27-13-5-2-6-14-27)44-39(43-37)31-22-29(21-30(23-31)36-25-40-19-20-41-36)35-24-28-15-7-8-16-32(28)33-17-9-10-18-34(33)35/h1-5,7-13,15-25,38H,6,14H2,(H,42,43,44). The monoisotopic (exact) mass is 567 g/mol. The fraction of sp³-hybridized carbons (Fsp3) is 0.0769. The van der Waals surface area contributed by atoms with Crippen LogP contribution in [-0.4, -0.2) is 27.8 Å². The first-order chi connectivity index (χ1) is 21.8. The van der Waals surface area contributed by atoms with Crippen molar-refractivity contribution in [2.75, 3.05) is 0 Å². The maximum Gasteiger partial charge on any atom is 0.159 e. The number of nitrogens with one attached hydrogen (secondary N) is 1. The summed E-state index contributed by atoms with van der Waals surface area (Å²) in [5, 5.41) is 8.58. The van der Waals surface area contributed by atoms with Crippen molar-refractivity contribution in [1.29, 1.82) is 0 Å². The Morgan fingerprint density at radius 1 is 0.682 bits per heavy atom. The second kappa shape index (κ2) is 11.2. The zero-order valence-corrected chi connectivity index (χ0v) is 24.1. The smallest absolute Gasteiger partial charge is 0.159 e. The molecule has 1 unspecified atom stereocenters. The highest BCUT2D eigenvalue weighted by Crippen LogP contribution is 2.37. The van der Waals surface area contributed by atoms with Gasteiger partial charge in [0.25, 0.3) is 0 Å². The van der Waals surface area contributed by atoms with E-state index in [1.54, 1.807) is 12.4 Å². The van der Waals surface area contributed by atoms with Gasteiger partial charge in [-0.2, -0.15) is 0 Å². The topological polar surface area (TPSA) is 62.5 Å². The van der Waals surface area contributed by atoms with E-state index in [4.69, 9.17) is 9.98 Å². The van der Waals surface area contributed by atoms with Gasteiger partial charge in [-0.3, -0.25) is 9.97 Å². The van der Waals surface area contributed by atoms with Gasteiger partial charge in [0.15, 0.2) is 5.84 Å². The van der Waals surface area contributed by atoms with Gasteiger partial charge in [-0.05, 0) is 75.4 Å². The van der Waals surface area contributed by atoms with Crippen molar-refractivity contribution in [2.45, 2.75) is 19.0 Å². The van der Waals surface area contributed by atoms with E-state index in [2.05, 4.69) is 118 Å². The van der Waals surface area contributed by atoms with E-state index in [1.165, 1.54) is 27.1 Å². The summed E-state index contributed by atoms with van der Waals surface area (Å²) in [6, 6.07) is 36.4. The molecule has 5 nitrogen and oxygen atoms in total. The Labute approximate surface area is 256 Å². The number of allylic oxidation sites excluding steroid dienone is 3. The van der Waals surface area contributed by atoms with Crippen molar-refractivity contribution in [3.05, 3.63) is 157 Å². The Kier molecular flexibility index (Phi) is 6.61. The molecule has 0 saturated carbocycles. The van der Waals surface area contributed by atoms with Gasteiger partial charge in [0.1, 0.15) is 12.0 Å². The highest BCUT2D eigenvalue weighted by molar-refractivity contribution is 6.16. The second-order valence-electron chi connectivity index (χ2n) is 11.1. The maximum absolute atomic E-state index is 5.12. The molecule has 210 valence electrons. The van der Waals surface area contributed by atoms with Crippen LogP contribution in [0.25, 0.3) is 43.9 Å². The number of fused-ring (bicyclic) bond motifs is 3. The van der Waals surface area contributed by atoms with Crippen LogP contribution >= 0.6 is 0 Å². The van der Waals surface area contributed by atoms with Gasteiger partial charge in [0, 0.05) is 29.1 Å². The van der Waals surface area contributed by atoms with E-state index in [0.29, 0.717) is 0 Å². The lowest BCUT2D eigenvalue weighted by molar-refractivity contribution is 0.677. The minimum Gasteiger partial charge on any atom is -0.344 e. The van der Waals surface area contributed by atoms with Crippen LogP contribution in [0.1, 0.15) is 24.0 Å². The second-order valence-corrected chi connectivity index (χ2v) is 11.1. The number of benzene rings is 5. The molecule has 1 atom stereocenters. The van der Waals surface area contributed by atoms with E-state index < -0.39 is 0 Å². The Hall–Kier alpha value is -5.68. The van der Waals surface area contributed by atoms with Crippen molar-refractivity contribution in [3.8, 4) is 22.4 Å². The number of hydrogen-bond donors (Lipinski definition) is 1. The van der Waals surface area contributed by atoms with Crippen LogP contribution in [0.2, 0.25) is 0 Å². The molecule has 0 bridgehead atoms. The molecule has 44 heavy (non-hydrogen) atoms. The Balaban J connectivity index is 1.34. The van der Waals surface area contributed by atoms with Crippen molar-refractivity contribution in [2.24, 2.45) is 9.98 Å². The number of nitrogens with zero attached hydrogens (tertiary/aromatic N) is 4. The molecule has 2 aliphatic rings. The molecule has 5 heteroatoms. The summed E-state index contributed by atoms with van der Waals surface area (Å²) in [6.07, 6.45) is 13.5. The predicted octanol–water partition coefficient (Wildman–Crippen LogP) is 8.52. The largest absolute Gasteiger partial charge is 0.344 e. The zero-order valence-electron chi connectivity index (χ0n) is 24.1. The highest BCUT2D eigenvalue weighted by Gasteiger charge is 2.24. The first-order valence-corrected chi connectivity index (χ1v) is 15.0. The fourth-order valence-electron chi connectivity index (χ4n) is 6.16. The third-order valence-corrected chi connectivity index (χ3v) is 8.32. The van der Waals surface area contributed by atoms with E-state index in [-0.39, 0.29) is 6.17 Å². The van der Waals surface area contributed by atoms with Crippen LogP contribution in [0.5, 0.6) is 0 Å². The van der Waals surface area contributed by atoms with E-state index in [9.17, 15) is 0 Å². The highest BCUT2D eigenvalue weighted by atomic mass is 15.2. The van der Waals surface area contributed by atoms with E-state index in [0.717, 1.165) is 58.0 Å². The Bertz CT molecular complexity index is 2140. The molecule has 2 heterocycles. The Morgan fingerprint density at radius 3 is 2.27 bits per heavy atom. The van der Waals surface area contributed by atoms with Crippen molar-refractivity contribution < 1.29 is 0 Å². The molecule has 8 rings (SSSR count).